The van der Waals surface area contributed by atoms with E-state index in [4.69, 9.17) is 18.9 Å². The molecule has 9 N–H and O–H groups in total. The number of hydrogen-bond donors (Lipinski definition) is 9. The highest BCUT2D eigenvalue weighted by Gasteiger charge is 2.51. The van der Waals surface area contributed by atoms with Gasteiger partial charge >= 0.3 is 0 Å². The second-order valence-corrected chi connectivity index (χ2v) is 30.3. The predicted octanol–water partition coefficient (Wildman–Crippen LogP) is 20.0. The molecule has 1 amide bonds. The van der Waals surface area contributed by atoms with E-state index < -0.39 is 86.8 Å². The molecule has 584 valence electrons. The van der Waals surface area contributed by atoms with Gasteiger partial charge in [-0.25, -0.2) is 0 Å². The lowest BCUT2D eigenvalue weighted by molar-refractivity contribution is -0.359. The number of aliphatic hydroxyl groups excluding tert-OH is 8. The number of aliphatic hydroxyl groups is 8. The van der Waals surface area contributed by atoms with E-state index in [0.29, 0.717) is 12.8 Å². The molecule has 2 aliphatic rings. The Morgan fingerprint density at radius 3 is 1.02 bits per heavy atom. The summed E-state index contributed by atoms with van der Waals surface area (Å²) in [5.74, 6) is -0.197. The number of allylic oxidation sites excluding steroid dienone is 6. The van der Waals surface area contributed by atoms with Crippen molar-refractivity contribution in [1.82, 2.24) is 5.32 Å². The molecule has 2 saturated heterocycles. The minimum absolute atomic E-state index is 0.197. The molecule has 0 aromatic rings. The molecule has 0 aliphatic carbocycles. The average Bonchev–Trinajstić information content (AvgIpc) is 0.799. The molecular formula is C85H161NO13. The number of carbonyl (C=O) groups is 1. The van der Waals surface area contributed by atoms with Crippen molar-refractivity contribution in [3.8, 4) is 0 Å². The van der Waals surface area contributed by atoms with E-state index in [9.17, 15) is 45.6 Å². The molecule has 0 aromatic heterocycles. The third-order valence-corrected chi connectivity index (χ3v) is 21.1. The van der Waals surface area contributed by atoms with Gasteiger partial charge in [-0.05, 0) is 51.4 Å². The van der Waals surface area contributed by atoms with E-state index >= 15 is 0 Å². The first-order valence-electron chi connectivity index (χ1n) is 42.7. The Morgan fingerprint density at radius 1 is 0.364 bits per heavy atom. The summed E-state index contributed by atoms with van der Waals surface area (Å²) < 4.78 is 23.0. The third-order valence-electron chi connectivity index (χ3n) is 21.1. The maximum atomic E-state index is 13.4. The van der Waals surface area contributed by atoms with E-state index in [1.165, 1.54) is 315 Å². The smallest absolute Gasteiger partial charge is 0.220 e. The zero-order valence-corrected chi connectivity index (χ0v) is 64.3. The zero-order chi connectivity index (χ0) is 71.5. The Kier molecular flexibility index (Phi) is 65.3. The SMILES string of the molecule is CCCCCCC/C=C\C/C=C\C/C=C\CCCCCCCCCCCCCCCCCCCCCCCCCCCCC(=O)NC(COC1OC(CO)C(OC2OC(CO)C(O)C(O)C2O)C(O)C1O)C(O)CCCCCCCCCCCCCCCCCCCCCCCCCC. The molecule has 12 unspecified atom stereocenters. The van der Waals surface area contributed by atoms with Crippen LogP contribution in [-0.4, -0.2) is 140 Å². The van der Waals surface area contributed by atoms with Crippen LogP contribution in [0.5, 0.6) is 0 Å². The van der Waals surface area contributed by atoms with Gasteiger partial charge in [0.15, 0.2) is 12.6 Å². The van der Waals surface area contributed by atoms with Crippen LogP contribution in [0, 0.1) is 0 Å². The highest BCUT2D eigenvalue weighted by Crippen LogP contribution is 2.31. The summed E-state index contributed by atoms with van der Waals surface area (Å²) in [4.78, 5) is 13.4. The highest BCUT2D eigenvalue weighted by molar-refractivity contribution is 5.76. The minimum atomic E-state index is -1.78. The second kappa shape index (κ2) is 69.3. The molecule has 99 heavy (non-hydrogen) atoms. The molecule has 2 fully saturated rings. The fraction of sp³-hybridized carbons (Fsp3) is 0.918. The molecule has 2 rings (SSSR count). The molecule has 2 heterocycles. The first kappa shape index (κ1) is 93.3. The normalized spacial score (nSPS) is 22.0. The standard InChI is InChI=1S/C85H161NO13/c1-3-5-7-9-11-13-15-17-19-21-23-25-27-29-30-31-32-33-34-35-36-37-38-39-40-41-42-43-44-45-47-49-51-53-55-57-59-61-63-65-67-69-77(90)86-73(72-96-84-82(95)80(93)83(76(71-88)98-84)99-85-81(94)79(92)78(91)75(70-87)97-85)74(89)68-66-64-62-60-58-56-54-52-50-48-46-28-26-24-22-20-18-16-14-12-10-8-6-4-2/h15,17,21,23,27,29,73-76,78-85,87-89,91-95H,3-14,16,18-20,22,24-26,28,30-72H2,1-2H3,(H,86,90)/b17-15-,23-21-,29-27-. The van der Waals surface area contributed by atoms with Crippen LogP contribution < -0.4 is 5.32 Å². The van der Waals surface area contributed by atoms with Gasteiger partial charge < -0.3 is 65.1 Å². The van der Waals surface area contributed by atoms with Crippen molar-refractivity contribution in [1.29, 1.82) is 0 Å². The molecule has 14 nitrogen and oxygen atoms in total. The largest absolute Gasteiger partial charge is 0.394 e. The van der Waals surface area contributed by atoms with Crippen LogP contribution in [-0.2, 0) is 23.7 Å². The summed E-state index contributed by atoms with van der Waals surface area (Å²) in [5.41, 5.74) is 0. The van der Waals surface area contributed by atoms with Crippen LogP contribution >= 0.6 is 0 Å². The summed E-state index contributed by atoms with van der Waals surface area (Å²) in [6.45, 7) is 2.92. The van der Waals surface area contributed by atoms with E-state index in [2.05, 4.69) is 55.6 Å². The van der Waals surface area contributed by atoms with Crippen molar-refractivity contribution in [3.63, 3.8) is 0 Å². The monoisotopic (exact) mass is 1400 g/mol. The minimum Gasteiger partial charge on any atom is -0.394 e. The first-order chi connectivity index (χ1) is 48.6. The van der Waals surface area contributed by atoms with Crippen molar-refractivity contribution >= 4 is 5.91 Å². The fourth-order valence-electron chi connectivity index (χ4n) is 14.4. The molecule has 0 saturated carbocycles. The predicted molar refractivity (Wildman–Crippen MR) is 411 cm³/mol. The highest BCUT2D eigenvalue weighted by atomic mass is 16.7. The number of amides is 1. The Hall–Kier alpha value is -1.79. The molecule has 12 atom stereocenters. The van der Waals surface area contributed by atoms with Gasteiger partial charge in [0, 0.05) is 6.42 Å². The second-order valence-electron chi connectivity index (χ2n) is 30.3. The van der Waals surface area contributed by atoms with Crippen LogP contribution in [0.2, 0.25) is 0 Å². The lowest BCUT2D eigenvalue weighted by Gasteiger charge is -2.46. The Bertz CT molecular complexity index is 1800. The molecular weight excluding hydrogens is 1240 g/mol. The number of unbranched alkanes of at least 4 members (excludes halogenated alkanes) is 54. The summed E-state index contributed by atoms with van der Waals surface area (Å²) >= 11 is 0. The maximum absolute atomic E-state index is 13.4. The quantitative estimate of drug-likeness (QED) is 0.0204. The van der Waals surface area contributed by atoms with Gasteiger partial charge in [0.1, 0.15) is 48.8 Å². The Morgan fingerprint density at radius 2 is 0.667 bits per heavy atom. The number of rotatable bonds is 73. The molecule has 0 radical (unpaired) electrons. The molecule has 0 bridgehead atoms. The summed E-state index contributed by atoms with van der Waals surface area (Å²) in [6, 6.07) is -0.828. The molecule has 0 spiro atoms. The molecule has 0 aromatic carbocycles. The van der Waals surface area contributed by atoms with E-state index in [-0.39, 0.29) is 12.5 Å². The van der Waals surface area contributed by atoms with Crippen molar-refractivity contribution in [3.05, 3.63) is 36.5 Å². The van der Waals surface area contributed by atoms with Crippen molar-refractivity contribution in [2.75, 3.05) is 19.8 Å². The van der Waals surface area contributed by atoms with Crippen LogP contribution in [0.3, 0.4) is 0 Å². The van der Waals surface area contributed by atoms with Crippen molar-refractivity contribution < 1.29 is 64.6 Å². The van der Waals surface area contributed by atoms with Gasteiger partial charge in [-0.15, -0.1) is 0 Å². The van der Waals surface area contributed by atoms with E-state index in [0.717, 1.165) is 64.2 Å². The summed E-state index contributed by atoms with van der Waals surface area (Å²) in [5, 5.41) is 87.9. The molecule has 2 aliphatic heterocycles. The van der Waals surface area contributed by atoms with Gasteiger partial charge in [0.05, 0.1) is 32.0 Å². The number of carbonyl (C=O) groups excluding carboxylic acids is 1. The van der Waals surface area contributed by atoms with Crippen LogP contribution in [0.25, 0.3) is 0 Å². The number of nitrogens with one attached hydrogen (secondary N) is 1. The van der Waals surface area contributed by atoms with Crippen molar-refractivity contribution in [2.24, 2.45) is 0 Å². The Balaban J connectivity index is 1.54. The number of hydrogen-bond acceptors (Lipinski definition) is 13. The van der Waals surface area contributed by atoms with Gasteiger partial charge in [-0.3, -0.25) is 4.79 Å². The van der Waals surface area contributed by atoms with E-state index in [1.54, 1.807) is 0 Å². The van der Waals surface area contributed by atoms with Gasteiger partial charge in [-0.1, -0.05) is 384 Å². The van der Waals surface area contributed by atoms with Crippen molar-refractivity contribution in [2.45, 2.75) is 479 Å². The first-order valence-corrected chi connectivity index (χ1v) is 42.7. The van der Waals surface area contributed by atoms with E-state index in [1.807, 2.05) is 0 Å². The fourth-order valence-corrected chi connectivity index (χ4v) is 14.4. The zero-order valence-electron chi connectivity index (χ0n) is 64.3. The maximum Gasteiger partial charge on any atom is 0.220 e. The lowest BCUT2D eigenvalue weighted by Crippen LogP contribution is -2.65. The van der Waals surface area contributed by atoms with Gasteiger partial charge in [0.25, 0.3) is 0 Å². The van der Waals surface area contributed by atoms with Crippen LogP contribution in [0.1, 0.15) is 406 Å². The number of ether oxygens (including phenoxy) is 4. The summed E-state index contributed by atoms with van der Waals surface area (Å²) in [6.07, 6.45) is 74.9. The molecule has 14 heteroatoms. The Labute approximate surface area is 608 Å². The summed E-state index contributed by atoms with van der Waals surface area (Å²) in [7, 11) is 0. The average molecular weight is 1410 g/mol. The van der Waals surface area contributed by atoms with Crippen LogP contribution in [0.4, 0.5) is 0 Å². The third kappa shape index (κ3) is 51.9. The van der Waals surface area contributed by atoms with Gasteiger partial charge in [-0.2, -0.15) is 0 Å². The van der Waals surface area contributed by atoms with Crippen LogP contribution in [0.15, 0.2) is 36.5 Å². The lowest BCUT2D eigenvalue weighted by atomic mass is 9.97. The van der Waals surface area contributed by atoms with Gasteiger partial charge in [0.2, 0.25) is 5.91 Å². The topological polar surface area (TPSA) is 228 Å².